The van der Waals surface area contributed by atoms with Crippen molar-refractivity contribution in [2.24, 2.45) is 0 Å². The van der Waals surface area contributed by atoms with Crippen molar-refractivity contribution in [1.29, 1.82) is 0 Å². The van der Waals surface area contributed by atoms with Gasteiger partial charge < -0.3 is 4.74 Å². The number of aromatic nitrogens is 2. The van der Waals surface area contributed by atoms with E-state index in [2.05, 4.69) is 4.74 Å². The van der Waals surface area contributed by atoms with Gasteiger partial charge in [0, 0.05) is 11.8 Å². The third-order valence-electron chi connectivity index (χ3n) is 4.21. The maximum atomic E-state index is 12.4. The Bertz CT molecular complexity index is 921. The summed E-state index contributed by atoms with van der Waals surface area (Å²) >= 11 is 3.77. The highest BCUT2D eigenvalue weighted by molar-refractivity contribution is 8.16. The van der Waals surface area contributed by atoms with E-state index in [0.29, 0.717) is 5.69 Å². The van der Waals surface area contributed by atoms with E-state index in [4.69, 9.17) is 5.10 Å². The molecule has 8 heteroatoms. The van der Waals surface area contributed by atoms with Gasteiger partial charge in [0.05, 0.1) is 16.0 Å². The van der Waals surface area contributed by atoms with E-state index in [-0.39, 0.29) is 10.3 Å². The van der Waals surface area contributed by atoms with Crippen LogP contribution in [-0.4, -0.2) is 27.6 Å². The second-order valence-corrected chi connectivity index (χ2v) is 8.93. The van der Waals surface area contributed by atoms with Gasteiger partial charge >= 0.3 is 6.36 Å². The first-order chi connectivity index (χ1) is 13.5. The van der Waals surface area contributed by atoms with Gasteiger partial charge in [-0.15, -0.1) is 36.7 Å². The van der Waals surface area contributed by atoms with E-state index < -0.39 is 6.36 Å². The molecule has 146 valence electrons. The SMILES string of the molecule is FC(F)(F)Oc1ccc(-n2cc(-c3ccccc3)c(C3SCCCS3)n2)cc1. The average molecular weight is 422 g/mol. The maximum absolute atomic E-state index is 12.4. The fourth-order valence-electron chi connectivity index (χ4n) is 2.98. The first-order valence-corrected chi connectivity index (χ1v) is 10.8. The van der Waals surface area contributed by atoms with Crippen LogP contribution in [0.4, 0.5) is 13.2 Å². The number of benzene rings is 2. The van der Waals surface area contributed by atoms with Gasteiger partial charge in [-0.3, -0.25) is 0 Å². The number of nitrogens with zero attached hydrogens (tertiary/aromatic N) is 2. The quantitative estimate of drug-likeness (QED) is 0.493. The molecule has 0 spiro atoms. The van der Waals surface area contributed by atoms with Crippen LogP contribution >= 0.6 is 23.5 Å². The van der Waals surface area contributed by atoms with E-state index in [1.54, 1.807) is 16.8 Å². The number of hydrogen-bond acceptors (Lipinski definition) is 4. The molecule has 1 aromatic heterocycles. The van der Waals surface area contributed by atoms with Gasteiger partial charge in [0.15, 0.2) is 0 Å². The van der Waals surface area contributed by atoms with Gasteiger partial charge in [-0.05, 0) is 47.8 Å². The molecule has 0 radical (unpaired) electrons. The van der Waals surface area contributed by atoms with Crippen LogP contribution in [0.3, 0.4) is 0 Å². The predicted octanol–water partition coefficient (Wildman–Crippen LogP) is 6.31. The molecule has 0 bridgehead atoms. The van der Waals surface area contributed by atoms with Crippen LogP contribution in [0.25, 0.3) is 16.8 Å². The normalized spacial score (nSPS) is 15.5. The number of hydrogen-bond donors (Lipinski definition) is 0. The second kappa shape index (κ2) is 8.13. The summed E-state index contributed by atoms with van der Waals surface area (Å²) in [5.74, 6) is 1.95. The van der Waals surface area contributed by atoms with E-state index in [1.807, 2.05) is 60.1 Å². The summed E-state index contributed by atoms with van der Waals surface area (Å²) in [4.78, 5) is 0. The first-order valence-electron chi connectivity index (χ1n) is 8.74. The molecule has 0 atom stereocenters. The van der Waals surface area contributed by atoms with Crippen molar-refractivity contribution in [3.63, 3.8) is 0 Å². The molecule has 4 rings (SSSR count). The summed E-state index contributed by atoms with van der Waals surface area (Å²) in [5, 5.41) is 4.80. The van der Waals surface area contributed by atoms with Gasteiger partial charge in [-0.2, -0.15) is 5.10 Å². The fourth-order valence-corrected chi connectivity index (χ4v) is 5.84. The van der Waals surface area contributed by atoms with E-state index in [1.165, 1.54) is 18.6 Å². The summed E-state index contributed by atoms with van der Waals surface area (Å²) in [6.07, 6.45) is -1.57. The second-order valence-electron chi connectivity index (χ2n) is 6.21. The van der Waals surface area contributed by atoms with Crippen LogP contribution in [-0.2, 0) is 0 Å². The molecule has 1 aliphatic heterocycles. The molecule has 1 saturated heterocycles. The monoisotopic (exact) mass is 422 g/mol. The highest BCUT2D eigenvalue weighted by Gasteiger charge is 2.31. The van der Waals surface area contributed by atoms with Gasteiger partial charge in [-0.1, -0.05) is 30.3 Å². The minimum absolute atomic E-state index is 0.245. The fraction of sp³-hybridized carbons (Fsp3) is 0.250. The average Bonchev–Trinajstić information content (AvgIpc) is 3.14. The van der Waals surface area contributed by atoms with Crippen molar-refractivity contribution < 1.29 is 17.9 Å². The molecule has 3 aromatic rings. The molecule has 2 heterocycles. The van der Waals surface area contributed by atoms with Gasteiger partial charge in [0.25, 0.3) is 0 Å². The molecule has 0 N–H and O–H groups in total. The Labute approximate surface area is 169 Å². The lowest BCUT2D eigenvalue weighted by Crippen LogP contribution is -2.17. The molecule has 0 saturated carbocycles. The highest BCUT2D eigenvalue weighted by Crippen LogP contribution is 2.46. The van der Waals surface area contributed by atoms with E-state index in [9.17, 15) is 13.2 Å². The van der Waals surface area contributed by atoms with Crippen molar-refractivity contribution in [1.82, 2.24) is 9.78 Å². The third kappa shape index (κ3) is 4.50. The Morgan fingerprint density at radius 1 is 0.964 bits per heavy atom. The lowest BCUT2D eigenvalue weighted by atomic mass is 10.1. The molecule has 0 unspecified atom stereocenters. The van der Waals surface area contributed by atoms with Gasteiger partial charge in [0.2, 0.25) is 0 Å². The molecule has 2 aromatic carbocycles. The molecular formula is C20H17F3N2OS2. The molecule has 0 aliphatic carbocycles. The summed E-state index contributed by atoms with van der Waals surface area (Å²) in [5.41, 5.74) is 3.80. The summed E-state index contributed by atoms with van der Waals surface area (Å²) in [7, 11) is 0. The summed E-state index contributed by atoms with van der Waals surface area (Å²) in [6, 6.07) is 15.8. The molecule has 1 fully saturated rings. The molecule has 1 aliphatic rings. The largest absolute Gasteiger partial charge is 0.573 e. The van der Waals surface area contributed by atoms with Crippen LogP contribution < -0.4 is 4.74 Å². The van der Waals surface area contributed by atoms with Crippen LogP contribution in [0.5, 0.6) is 5.75 Å². The van der Waals surface area contributed by atoms with Crippen molar-refractivity contribution in [2.75, 3.05) is 11.5 Å². The summed E-state index contributed by atoms with van der Waals surface area (Å²) in [6.45, 7) is 0. The van der Waals surface area contributed by atoms with Gasteiger partial charge in [-0.25, -0.2) is 4.68 Å². The lowest BCUT2D eigenvalue weighted by molar-refractivity contribution is -0.274. The Hall–Kier alpha value is -2.06. The third-order valence-corrected chi connectivity index (χ3v) is 7.13. The zero-order chi connectivity index (χ0) is 19.6. The zero-order valence-electron chi connectivity index (χ0n) is 14.7. The molecule has 28 heavy (non-hydrogen) atoms. The standard InChI is InChI=1S/C20H17F3N2OS2/c21-20(22,23)26-16-9-7-15(8-10-16)25-13-17(14-5-2-1-3-6-14)18(24-25)19-27-11-4-12-28-19/h1-3,5-10,13,19H,4,11-12H2. The topological polar surface area (TPSA) is 27.1 Å². The van der Waals surface area contributed by atoms with E-state index >= 15 is 0 Å². The minimum Gasteiger partial charge on any atom is -0.406 e. The highest BCUT2D eigenvalue weighted by atomic mass is 32.2. The van der Waals surface area contributed by atoms with Gasteiger partial charge in [0.1, 0.15) is 5.75 Å². The Morgan fingerprint density at radius 2 is 1.64 bits per heavy atom. The molecular weight excluding hydrogens is 405 g/mol. The van der Waals surface area contributed by atoms with Crippen molar-refractivity contribution in [3.8, 4) is 22.6 Å². The first kappa shape index (κ1) is 19.3. The maximum Gasteiger partial charge on any atom is 0.573 e. The molecule has 0 amide bonds. The number of alkyl halides is 3. The van der Waals surface area contributed by atoms with E-state index in [0.717, 1.165) is 28.3 Å². The Morgan fingerprint density at radius 3 is 2.29 bits per heavy atom. The van der Waals surface area contributed by atoms with Crippen molar-refractivity contribution in [2.45, 2.75) is 17.4 Å². The number of ether oxygens (including phenoxy) is 1. The van der Waals surface area contributed by atoms with Crippen molar-refractivity contribution in [3.05, 3.63) is 66.5 Å². The zero-order valence-corrected chi connectivity index (χ0v) is 16.4. The molecule has 3 nitrogen and oxygen atoms in total. The number of rotatable bonds is 4. The lowest BCUT2D eigenvalue weighted by Gasteiger charge is -2.20. The smallest absolute Gasteiger partial charge is 0.406 e. The van der Waals surface area contributed by atoms with Crippen LogP contribution in [0.15, 0.2) is 60.8 Å². The predicted molar refractivity (Wildman–Crippen MR) is 108 cm³/mol. The minimum atomic E-state index is -4.70. The van der Waals surface area contributed by atoms with Crippen LogP contribution in [0.2, 0.25) is 0 Å². The Balaban J connectivity index is 1.69. The Kier molecular flexibility index (Phi) is 5.59. The summed E-state index contributed by atoms with van der Waals surface area (Å²) < 4.78 is 43.0. The number of thioether (sulfide) groups is 2. The number of halogens is 3. The van der Waals surface area contributed by atoms with Crippen molar-refractivity contribution >= 4 is 23.5 Å². The van der Waals surface area contributed by atoms with Crippen LogP contribution in [0, 0.1) is 0 Å². The van der Waals surface area contributed by atoms with Crippen LogP contribution in [0.1, 0.15) is 16.7 Å².